The Morgan fingerprint density at radius 3 is 2.43 bits per heavy atom. The van der Waals surface area contributed by atoms with E-state index in [1.807, 2.05) is 51.1 Å². The van der Waals surface area contributed by atoms with Gasteiger partial charge in [-0.2, -0.15) is 0 Å². The zero-order chi connectivity index (χ0) is 22.1. The number of hydrogen-bond acceptors (Lipinski definition) is 4. The normalized spacial score (nSPS) is 11.8. The minimum Gasteiger partial charge on any atom is -0.483 e. The van der Waals surface area contributed by atoms with Crippen molar-refractivity contribution in [2.24, 2.45) is 0 Å². The zero-order valence-electron chi connectivity index (χ0n) is 17.6. The smallest absolute Gasteiger partial charge is 0.260 e. The van der Waals surface area contributed by atoms with Gasteiger partial charge in [-0.1, -0.05) is 36.4 Å². The number of benzene rings is 2. The molecule has 162 valence electrons. The van der Waals surface area contributed by atoms with Crippen LogP contribution in [0.25, 0.3) is 0 Å². The second-order valence-corrected chi connectivity index (χ2v) is 7.22. The summed E-state index contributed by atoms with van der Waals surface area (Å²) < 4.78 is 19.9. The summed E-state index contributed by atoms with van der Waals surface area (Å²) in [5, 5.41) is 12.3. The Labute approximate surface area is 176 Å². The maximum atomic E-state index is 14.4. The van der Waals surface area contributed by atoms with Gasteiger partial charge < -0.3 is 20.1 Å². The third-order valence-corrected chi connectivity index (χ3v) is 4.68. The molecule has 0 unspecified atom stereocenters. The molecule has 0 aliphatic heterocycles. The highest BCUT2D eigenvalue weighted by molar-refractivity contribution is 5.97. The van der Waals surface area contributed by atoms with E-state index in [2.05, 4.69) is 5.32 Å². The van der Waals surface area contributed by atoms with E-state index in [0.717, 1.165) is 5.56 Å². The topological polar surface area (TPSA) is 78.9 Å². The van der Waals surface area contributed by atoms with Gasteiger partial charge in [0.2, 0.25) is 0 Å². The third kappa shape index (κ3) is 6.29. The van der Waals surface area contributed by atoms with E-state index in [9.17, 15) is 19.1 Å². The second kappa shape index (κ2) is 11.3. The first-order valence-corrected chi connectivity index (χ1v) is 10.0. The van der Waals surface area contributed by atoms with Crippen molar-refractivity contribution in [2.45, 2.75) is 39.3 Å². The van der Waals surface area contributed by atoms with E-state index >= 15 is 0 Å². The quantitative estimate of drug-likeness (QED) is 0.624. The lowest BCUT2D eigenvalue weighted by atomic mass is 10.1. The van der Waals surface area contributed by atoms with Crippen LogP contribution < -0.4 is 10.1 Å². The number of nitrogens with zero attached hydrogens (tertiary/aromatic N) is 1. The average Bonchev–Trinajstić information content (AvgIpc) is 2.72. The van der Waals surface area contributed by atoms with Gasteiger partial charge in [0.15, 0.2) is 6.61 Å². The number of halogens is 1. The van der Waals surface area contributed by atoms with Crippen molar-refractivity contribution in [3.05, 3.63) is 65.5 Å². The van der Waals surface area contributed by atoms with Crippen LogP contribution in [0.4, 0.5) is 4.39 Å². The lowest BCUT2D eigenvalue weighted by molar-refractivity contribution is -0.124. The van der Waals surface area contributed by atoms with Gasteiger partial charge in [-0.25, -0.2) is 4.39 Å². The molecule has 7 heteroatoms. The van der Waals surface area contributed by atoms with Gasteiger partial charge in [0, 0.05) is 12.6 Å². The fraction of sp³-hybridized carbons (Fsp3) is 0.391. The van der Waals surface area contributed by atoms with Crippen LogP contribution in [0.5, 0.6) is 5.75 Å². The number of nitrogens with one attached hydrogen (secondary N) is 1. The fourth-order valence-corrected chi connectivity index (χ4v) is 3.19. The predicted molar refractivity (Wildman–Crippen MR) is 113 cm³/mol. The Morgan fingerprint density at radius 1 is 1.13 bits per heavy atom. The van der Waals surface area contributed by atoms with Crippen LogP contribution in [0, 0.1) is 5.82 Å². The molecule has 2 aromatic carbocycles. The molecule has 2 amide bonds. The van der Waals surface area contributed by atoms with Gasteiger partial charge in [-0.05, 0) is 44.9 Å². The van der Waals surface area contributed by atoms with Gasteiger partial charge in [0.05, 0.1) is 12.6 Å². The molecule has 0 bridgehead atoms. The van der Waals surface area contributed by atoms with Gasteiger partial charge in [-0.15, -0.1) is 0 Å². The number of aliphatic hydroxyl groups excluding tert-OH is 1. The second-order valence-electron chi connectivity index (χ2n) is 7.22. The summed E-state index contributed by atoms with van der Waals surface area (Å²) in [6, 6.07) is 13.0. The van der Waals surface area contributed by atoms with E-state index in [0.29, 0.717) is 13.0 Å². The first kappa shape index (κ1) is 23.3. The molecular weight excluding hydrogens is 387 g/mol. The van der Waals surface area contributed by atoms with E-state index < -0.39 is 30.3 Å². The van der Waals surface area contributed by atoms with E-state index in [-0.39, 0.29) is 24.0 Å². The molecule has 0 radical (unpaired) electrons. The highest BCUT2D eigenvalue weighted by Crippen LogP contribution is 2.24. The predicted octanol–water partition coefficient (Wildman–Crippen LogP) is 2.79. The van der Waals surface area contributed by atoms with Crippen LogP contribution in [-0.4, -0.2) is 53.7 Å². The molecular formula is C23H29FN2O4. The van der Waals surface area contributed by atoms with Crippen molar-refractivity contribution >= 4 is 11.8 Å². The fourth-order valence-electron chi connectivity index (χ4n) is 3.19. The minimum absolute atomic E-state index is 0.0119. The molecule has 0 saturated heterocycles. The Kier molecular flexibility index (Phi) is 8.80. The summed E-state index contributed by atoms with van der Waals surface area (Å²) in [5.41, 5.74) is 0.785. The van der Waals surface area contributed by atoms with Crippen LogP contribution in [0.2, 0.25) is 0 Å². The number of amides is 2. The first-order chi connectivity index (χ1) is 14.4. The molecule has 2 rings (SSSR count). The number of aliphatic hydroxyl groups is 1. The molecule has 0 saturated carbocycles. The summed E-state index contributed by atoms with van der Waals surface area (Å²) in [5.74, 6) is -1.64. The summed E-state index contributed by atoms with van der Waals surface area (Å²) in [6.07, 6.45) is 0.465. The van der Waals surface area contributed by atoms with Crippen LogP contribution in [0.1, 0.15) is 36.7 Å². The van der Waals surface area contributed by atoms with Crippen molar-refractivity contribution < 1.29 is 23.8 Å². The van der Waals surface area contributed by atoms with Crippen molar-refractivity contribution in [3.63, 3.8) is 0 Å². The molecule has 0 aromatic heterocycles. The summed E-state index contributed by atoms with van der Waals surface area (Å²) in [7, 11) is 0. The van der Waals surface area contributed by atoms with Crippen molar-refractivity contribution in [1.29, 1.82) is 0 Å². The molecule has 0 aliphatic carbocycles. The van der Waals surface area contributed by atoms with Crippen LogP contribution in [0.3, 0.4) is 0 Å². The maximum Gasteiger partial charge on any atom is 0.260 e. The molecule has 0 heterocycles. The average molecular weight is 416 g/mol. The molecule has 1 atom stereocenters. The first-order valence-electron chi connectivity index (χ1n) is 10.0. The third-order valence-electron chi connectivity index (χ3n) is 4.68. The minimum atomic E-state index is -0.700. The standard InChI is InChI=1S/C23H29FN2O4/c1-4-26(16(2)3)23(29)22-19(24)11-8-12-20(22)30-15-21(28)25-18(14-27)13-17-9-6-5-7-10-17/h5-12,16,18,27H,4,13-15H2,1-3H3,(H,25,28)/t18-/m0/s1. The van der Waals surface area contributed by atoms with Crippen LogP contribution in [-0.2, 0) is 11.2 Å². The zero-order valence-corrected chi connectivity index (χ0v) is 17.6. The van der Waals surface area contributed by atoms with Crippen molar-refractivity contribution in [2.75, 3.05) is 19.8 Å². The summed E-state index contributed by atoms with van der Waals surface area (Å²) in [6.45, 7) is 5.29. The van der Waals surface area contributed by atoms with E-state index in [4.69, 9.17) is 4.74 Å². The molecule has 0 aliphatic rings. The monoisotopic (exact) mass is 416 g/mol. The molecule has 0 spiro atoms. The van der Waals surface area contributed by atoms with E-state index in [1.54, 1.807) is 0 Å². The molecule has 0 fully saturated rings. The highest BCUT2D eigenvalue weighted by atomic mass is 19.1. The van der Waals surface area contributed by atoms with Crippen LogP contribution >= 0.6 is 0 Å². The number of hydrogen-bond donors (Lipinski definition) is 2. The summed E-state index contributed by atoms with van der Waals surface area (Å²) >= 11 is 0. The summed E-state index contributed by atoms with van der Waals surface area (Å²) in [4.78, 5) is 26.6. The molecule has 2 aromatic rings. The van der Waals surface area contributed by atoms with Gasteiger partial charge >= 0.3 is 0 Å². The Hall–Kier alpha value is -2.93. The Bertz CT molecular complexity index is 842. The van der Waals surface area contributed by atoms with E-state index in [1.165, 1.54) is 23.1 Å². The lowest BCUT2D eigenvalue weighted by Crippen LogP contribution is -2.41. The number of carbonyl (C=O) groups excluding carboxylic acids is 2. The van der Waals surface area contributed by atoms with Gasteiger partial charge in [-0.3, -0.25) is 9.59 Å². The lowest BCUT2D eigenvalue weighted by Gasteiger charge is -2.26. The number of ether oxygens (including phenoxy) is 1. The molecule has 30 heavy (non-hydrogen) atoms. The number of rotatable bonds is 10. The highest BCUT2D eigenvalue weighted by Gasteiger charge is 2.25. The van der Waals surface area contributed by atoms with Crippen LogP contribution in [0.15, 0.2) is 48.5 Å². The molecule has 2 N–H and O–H groups in total. The largest absolute Gasteiger partial charge is 0.483 e. The Morgan fingerprint density at radius 2 is 1.83 bits per heavy atom. The SMILES string of the molecule is CCN(C(=O)c1c(F)cccc1OCC(=O)N[C@H](CO)Cc1ccccc1)C(C)C. The van der Waals surface area contributed by atoms with Crippen molar-refractivity contribution in [3.8, 4) is 5.75 Å². The number of carbonyl (C=O) groups is 2. The Balaban J connectivity index is 2.05. The van der Waals surface area contributed by atoms with Crippen molar-refractivity contribution in [1.82, 2.24) is 10.2 Å². The van der Waals surface area contributed by atoms with Gasteiger partial charge in [0.25, 0.3) is 11.8 Å². The van der Waals surface area contributed by atoms with Gasteiger partial charge in [0.1, 0.15) is 17.1 Å². The maximum absolute atomic E-state index is 14.4. The molecule has 6 nitrogen and oxygen atoms in total.